The molecule has 1 aliphatic heterocycles. The average molecular weight is 292 g/mol. The molecule has 2 rings (SSSR count). The first kappa shape index (κ1) is 16.3. The van der Waals surface area contributed by atoms with Crippen molar-refractivity contribution in [3.8, 4) is 5.75 Å². The molecule has 1 aromatic rings. The van der Waals surface area contributed by atoms with Crippen molar-refractivity contribution in [1.82, 2.24) is 4.90 Å². The lowest BCUT2D eigenvalue weighted by atomic mass is 9.95. The Morgan fingerprint density at radius 2 is 2.24 bits per heavy atom. The molecule has 1 heterocycles. The first-order chi connectivity index (χ1) is 10.1. The van der Waals surface area contributed by atoms with Crippen molar-refractivity contribution in [3.63, 3.8) is 0 Å². The first-order valence-electron chi connectivity index (χ1n) is 7.86. The first-order valence-corrected chi connectivity index (χ1v) is 7.86. The summed E-state index contributed by atoms with van der Waals surface area (Å²) in [6.07, 6.45) is 1.01. The predicted octanol–water partition coefficient (Wildman–Crippen LogP) is 2.59. The summed E-state index contributed by atoms with van der Waals surface area (Å²) in [6, 6.07) is 8.53. The van der Waals surface area contributed by atoms with Gasteiger partial charge in [-0.15, -0.1) is 0 Å². The highest BCUT2D eigenvalue weighted by atomic mass is 16.5. The van der Waals surface area contributed by atoms with E-state index in [0.717, 1.165) is 38.5 Å². The van der Waals surface area contributed by atoms with E-state index in [0.29, 0.717) is 6.54 Å². The summed E-state index contributed by atoms with van der Waals surface area (Å²) in [7, 11) is 0. The van der Waals surface area contributed by atoms with E-state index in [-0.39, 0.29) is 11.6 Å². The Balaban J connectivity index is 2.20. The zero-order valence-electron chi connectivity index (χ0n) is 13.5. The molecule has 0 radical (unpaired) electrons. The van der Waals surface area contributed by atoms with E-state index in [1.54, 1.807) is 0 Å². The van der Waals surface area contributed by atoms with Crippen molar-refractivity contribution < 1.29 is 9.47 Å². The zero-order valence-corrected chi connectivity index (χ0v) is 13.5. The van der Waals surface area contributed by atoms with Gasteiger partial charge in [-0.2, -0.15) is 0 Å². The molecule has 0 saturated carbocycles. The Kier molecular flexibility index (Phi) is 5.62. The molecule has 1 aromatic carbocycles. The lowest BCUT2D eigenvalue weighted by molar-refractivity contribution is -0.0713. The summed E-state index contributed by atoms with van der Waals surface area (Å²) in [5, 5.41) is 0. The van der Waals surface area contributed by atoms with Gasteiger partial charge in [0.2, 0.25) is 0 Å². The molecule has 0 bridgehead atoms. The summed E-state index contributed by atoms with van der Waals surface area (Å²) in [5.41, 5.74) is 7.31. The summed E-state index contributed by atoms with van der Waals surface area (Å²) in [6.45, 7) is 10.3. The van der Waals surface area contributed by atoms with Crippen molar-refractivity contribution in [2.75, 3.05) is 32.9 Å². The molecule has 21 heavy (non-hydrogen) atoms. The molecule has 0 spiro atoms. The van der Waals surface area contributed by atoms with Crippen LogP contribution in [-0.2, 0) is 4.74 Å². The molecule has 2 N–H and O–H groups in total. The molecule has 118 valence electrons. The van der Waals surface area contributed by atoms with Crippen molar-refractivity contribution >= 4 is 0 Å². The van der Waals surface area contributed by atoms with Crippen LogP contribution in [-0.4, -0.2) is 43.3 Å². The van der Waals surface area contributed by atoms with Gasteiger partial charge >= 0.3 is 0 Å². The summed E-state index contributed by atoms with van der Waals surface area (Å²) in [5.74, 6) is 0.930. The maximum absolute atomic E-state index is 6.08. The van der Waals surface area contributed by atoms with Gasteiger partial charge in [0.15, 0.2) is 0 Å². The monoisotopic (exact) mass is 292 g/mol. The van der Waals surface area contributed by atoms with Crippen LogP contribution in [0, 0.1) is 0 Å². The molecule has 1 fully saturated rings. The third kappa shape index (κ3) is 3.96. The Hall–Kier alpha value is -1.10. The highest BCUT2D eigenvalue weighted by molar-refractivity contribution is 5.31. The van der Waals surface area contributed by atoms with E-state index in [1.165, 1.54) is 5.56 Å². The second-order valence-electron chi connectivity index (χ2n) is 6.23. The van der Waals surface area contributed by atoms with Crippen LogP contribution in [0.1, 0.15) is 38.8 Å². The molecular formula is C17H28N2O2. The molecule has 0 aliphatic carbocycles. The predicted molar refractivity (Wildman–Crippen MR) is 85.6 cm³/mol. The number of benzene rings is 1. The quantitative estimate of drug-likeness (QED) is 0.875. The molecule has 1 atom stereocenters. The number of nitrogens with two attached hydrogens (primary N) is 1. The lowest BCUT2D eigenvalue weighted by Gasteiger charge is -2.46. The molecule has 1 unspecified atom stereocenters. The van der Waals surface area contributed by atoms with Crippen LogP contribution in [0.5, 0.6) is 5.75 Å². The minimum Gasteiger partial charge on any atom is -0.494 e. The highest BCUT2D eigenvalue weighted by Crippen LogP contribution is 2.31. The number of nitrogens with zero attached hydrogens (tertiary/aromatic N) is 1. The van der Waals surface area contributed by atoms with Crippen LogP contribution in [0.3, 0.4) is 0 Å². The van der Waals surface area contributed by atoms with Crippen molar-refractivity contribution in [1.29, 1.82) is 0 Å². The van der Waals surface area contributed by atoms with Crippen molar-refractivity contribution in [2.24, 2.45) is 5.73 Å². The van der Waals surface area contributed by atoms with Gasteiger partial charge < -0.3 is 15.2 Å². The molecular weight excluding hydrogens is 264 g/mol. The number of hydrogen-bond donors (Lipinski definition) is 1. The standard InChI is InChI=1S/C17H28N2O2/c1-4-9-21-15-7-5-6-14(11-15)16(12-18)19-8-10-20-13-17(19,2)3/h5-7,11,16H,4,8-10,12-13,18H2,1-3H3. The third-order valence-corrected chi connectivity index (χ3v) is 4.02. The SMILES string of the molecule is CCCOc1cccc(C(CN)N2CCOCC2(C)C)c1. The Labute approximate surface area is 128 Å². The Morgan fingerprint density at radius 3 is 2.90 bits per heavy atom. The van der Waals surface area contributed by atoms with Gasteiger partial charge in [0, 0.05) is 24.7 Å². The van der Waals surface area contributed by atoms with Crippen LogP contribution >= 0.6 is 0 Å². The molecule has 0 amide bonds. The Bertz CT molecular complexity index is 448. The number of rotatable bonds is 6. The number of hydrogen-bond acceptors (Lipinski definition) is 4. The summed E-state index contributed by atoms with van der Waals surface area (Å²) >= 11 is 0. The second kappa shape index (κ2) is 7.25. The van der Waals surface area contributed by atoms with Crippen LogP contribution in [0.25, 0.3) is 0 Å². The van der Waals surface area contributed by atoms with Gasteiger partial charge in [0.1, 0.15) is 5.75 Å². The van der Waals surface area contributed by atoms with Crippen LogP contribution in [0.2, 0.25) is 0 Å². The van der Waals surface area contributed by atoms with E-state index >= 15 is 0 Å². The Morgan fingerprint density at radius 1 is 1.43 bits per heavy atom. The van der Waals surface area contributed by atoms with E-state index in [1.807, 2.05) is 6.07 Å². The number of ether oxygens (including phenoxy) is 2. The smallest absolute Gasteiger partial charge is 0.119 e. The molecule has 1 aliphatic rings. The molecule has 1 saturated heterocycles. The lowest BCUT2D eigenvalue weighted by Crippen LogP contribution is -2.55. The number of morpholine rings is 1. The minimum atomic E-state index is 0.00255. The molecule has 4 nitrogen and oxygen atoms in total. The maximum atomic E-state index is 6.08. The van der Waals surface area contributed by atoms with E-state index in [4.69, 9.17) is 15.2 Å². The summed E-state index contributed by atoms with van der Waals surface area (Å²) < 4.78 is 11.4. The van der Waals surface area contributed by atoms with Gasteiger partial charge in [-0.3, -0.25) is 4.90 Å². The average Bonchev–Trinajstić information content (AvgIpc) is 2.48. The summed E-state index contributed by atoms with van der Waals surface area (Å²) in [4.78, 5) is 2.45. The van der Waals surface area contributed by atoms with Gasteiger partial charge in [-0.1, -0.05) is 19.1 Å². The molecule has 4 heteroatoms. The van der Waals surface area contributed by atoms with E-state index in [9.17, 15) is 0 Å². The van der Waals surface area contributed by atoms with Crippen LogP contribution in [0.4, 0.5) is 0 Å². The van der Waals surface area contributed by atoms with Gasteiger partial charge in [-0.05, 0) is 38.0 Å². The fraction of sp³-hybridized carbons (Fsp3) is 0.647. The third-order valence-electron chi connectivity index (χ3n) is 4.02. The van der Waals surface area contributed by atoms with Crippen molar-refractivity contribution in [2.45, 2.75) is 38.8 Å². The van der Waals surface area contributed by atoms with Crippen LogP contribution < -0.4 is 10.5 Å². The fourth-order valence-corrected chi connectivity index (χ4v) is 2.92. The van der Waals surface area contributed by atoms with Gasteiger partial charge in [0.05, 0.1) is 19.8 Å². The van der Waals surface area contributed by atoms with E-state index in [2.05, 4.69) is 43.9 Å². The highest BCUT2D eigenvalue weighted by Gasteiger charge is 2.35. The normalized spacial score (nSPS) is 20.2. The molecule has 0 aromatic heterocycles. The fourth-order valence-electron chi connectivity index (χ4n) is 2.92. The second-order valence-corrected chi connectivity index (χ2v) is 6.23. The topological polar surface area (TPSA) is 47.7 Å². The largest absolute Gasteiger partial charge is 0.494 e. The van der Waals surface area contributed by atoms with Gasteiger partial charge in [0.25, 0.3) is 0 Å². The maximum Gasteiger partial charge on any atom is 0.119 e. The zero-order chi connectivity index (χ0) is 15.3. The van der Waals surface area contributed by atoms with Crippen molar-refractivity contribution in [3.05, 3.63) is 29.8 Å². The van der Waals surface area contributed by atoms with E-state index < -0.39 is 0 Å². The minimum absolute atomic E-state index is 0.00255. The van der Waals surface area contributed by atoms with Gasteiger partial charge in [-0.25, -0.2) is 0 Å². The van der Waals surface area contributed by atoms with Crippen LogP contribution in [0.15, 0.2) is 24.3 Å².